The van der Waals surface area contributed by atoms with E-state index in [0.717, 1.165) is 27.9 Å². The van der Waals surface area contributed by atoms with Gasteiger partial charge in [-0.15, -0.1) is 11.3 Å². The van der Waals surface area contributed by atoms with Crippen molar-refractivity contribution < 1.29 is 5.11 Å². The molecule has 0 amide bonds. The van der Waals surface area contributed by atoms with Gasteiger partial charge in [-0.2, -0.15) is 5.10 Å². The third-order valence-corrected chi connectivity index (χ3v) is 3.80. The van der Waals surface area contributed by atoms with E-state index in [0.29, 0.717) is 6.42 Å². The molecule has 3 nitrogen and oxygen atoms in total. The topological polar surface area (TPSA) is 38.0 Å². The minimum absolute atomic E-state index is 0.515. The fraction of sp³-hybridized carbons (Fsp3) is 0.417. The van der Waals surface area contributed by atoms with Crippen LogP contribution in [0.4, 0.5) is 0 Å². The molecule has 0 bridgehead atoms. The SMILES string of the molecule is CCCn1nccc1C(O)Cc1ccc(Cl)s1. The Kier molecular flexibility index (Phi) is 4.20. The molecule has 2 rings (SSSR count). The summed E-state index contributed by atoms with van der Waals surface area (Å²) < 4.78 is 2.62. The quantitative estimate of drug-likeness (QED) is 0.905. The second kappa shape index (κ2) is 5.67. The largest absolute Gasteiger partial charge is 0.386 e. The first-order chi connectivity index (χ1) is 8.20. The van der Waals surface area contributed by atoms with Gasteiger partial charge in [-0.05, 0) is 24.6 Å². The summed E-state index contributed by atoms with van der Waals surface area (Å²) in [7, 11) is 0. The standard InChI is InChI=1S/C12H15ClN2OS/c1-2-7-15-10(5-6-14-15)11(16)8-9-3-4-12(13)17-9/h3-6,11,16H,2,7-8H2,1H3. The van der Waals surface area contributed by atoms with Gasteiger partial charge in [0, 0.05) is 24.0 Å². The average Bonchev–Trinajstić information content (AvgIpc) is 2.88. The lowest BCUT2D eigenvalue weighted by Crippen LogP contribution is -2.10. The summed E-state index contributed by atoms with van der Waals surface area (Å²) in [4.78, 5) is 1.09. The molecule has 92 valence electrons. The number of thiophene rings is 1. The smallest absolute Gasteiger partial charge is 0.100 e. The molecule has 0 spiro atoms. The monoisotopic (exact) mass is 270 g/mol. The van der Waals surface area contributed by atoms with Crippen LogP contribution in [0.25, 0.3) is 0 Å². The Bertz CT molecular complexity index is 480. The molecule has 0 aliphatic carbocycles. The van der Waals surface area contributed by atoms with Gasteiger partial charge in [0.15, 0.2) is 0 Å². The summed E-state index contributed by atoms with van der Waals surface area (Å²) in [6.45, 7) is 2.93. The highest BCUT2D eigenvalue weighted by Crippen LogP contribution is 2.26. The fourth-order valence-electron chi connectivity index (χ4n) is 1.78. The van der Waals surface area contributed by atoms with Crippen molar-refractivity contribution in [2.24, 2.45) is 0 Å². The van der Waals surface area contributed by atoms with E-state index in [1.807, 2.05) is 22.9 Å². The van der Waals surface area contributed by atoms with Crippen molar-refractivity contribution in [3.63, 3.8) is 0 Å². The van der Waals surface area contributed by atoms with Crippen molar-refractivity contribution in [3.8, 4) is 0 Å². The molecule has 1 N–H and O–H groups in total. The predicted molar refractivity (Wildman–Crippen MR) is 70.5 cm³/mol. The second-order valence-corrected chi connectivity index (χ2v) is 5.70. The van der Waals surface area contributed by atoms with Crippen molar-refractivity contribution in [2.75, 3.05) is 0 Å². The van der Waals surface area contributed by atoms with Gasteiger partial charge in [-0.25, -0.2) is 0 Å². The first-order valence-corrected chi connectivity index (χ1v) is 6.84. The van der Waals surface area contributed by atoms with Gasteiger partial charge >= 0.3 is 0 Å². The summed E-state index contributed by atoms with van der Waals surface area (Å²) >= 11 is 7.38. The van der Waals surface area contributed by atoms with E-state index >= 15 is 0 Å². The minimum Gasteiger partial charge on any atom is -0.386 e. The number of halogens is 1. The van der Waals surface area contributed by atoms with Crippen molar-refractivity contribution >= 4 is 22.9 Å². The maximum Gasteiger partial charge on any atom is 0.100 e. The Morgan fingerprint density at radius 3 is 2.94 bits per heavy atom. The molecule has 1 atom stereocenters. The van der Waals surface area contributed by atoms with Crippen LogP contribution in [-0.2, 0) is 13.0 Å². The first-order valence-electron chi connectivity index (χ1n) is 5.64. The minimum atomic E-state index is -0.515. The summed E-state index contributed by atoms with van der Waals surface area (Å²) in [6.07, 6.45) is 2.81. The Morgan fingerprint density at radius 2 is 2.29 bits per heavy atom. The van der Waals surface area contributed by atoms with Crippen LogP contribution in [-0.4, -0.2) is 14.9 Å². The van der Waals surface area contributed by atoms with Crippen molar-refractivity contribution in [1.29, 1.82) is 0 Å². The molecular weight excluding hydrogens is 256 g/mol. The molecule has 0 saturated carbocycles. The van der Waals surface area contributed by atoms with Gasteiger partial charge < -0.3 is 5.11 Å². The zero-order valence-corrected chi connectivity index (χ0v) is 11.2. The molecule has 0 aromatic carbocycles. The number of aryl methyl sites for hydroxylation is 1. The Morgan fingerprint density at radius 1 is 1.47 bits per heavy atom. The fourth-order valence-corrected chi connectivity index (χ4v) is 2.91. The number of aromatic nitrogens is 2. The molecule has 0 saturated heterocycles. The molecule has 17 heavy (non-hydrogen) atoms. The van der Waals surface area contributed by atoms with E-state index in [-0.39, 0.29) is 0 Å². The summed E-state index contributed by atoms with van der Waals surface area (Å²) in [5.74, 6) is 0. The molecule has 1 unspecified atom stereocenters. The Labute approximate surface area is 110 Å². The molecule has 0 aliphatic heterocycles. The van der Waals surface area contributed by atoms with E-state index < -0.39 is 6.10 Å². The summed E-state index contributed by atoms with van der Waals surface area (Å²) in [5.41, 5.74) is 0.872. The molecular formula is C12H15ClN2OS. The van der Waals surface area contributed by atoms with Crippen LogP contribution < -0.4 is 0 Å². The third-order valence-electron chi connectivity index (χ3n) is 2.55. The van der Waals surface area contributed by atoms with Crippen LogP contribution in [0.1, 0.15) is 30.0 Å². The van der Waals surface area contributed by atoms with Crippen LogP contribution in [0.3, 0.4) is 0 Å². The van der Waals surface area contributed by atoms with Crippen LogP contribution in [0.15, 0.2) is 24.4 Å². The number of aliphatic hydroxyl groups is 1. The molecule has 2 heterocycles. The number of hydrogen-bond acceptors (Lipinski definition) is 3. The van der Waals surface area contributed by atoms with Crippen molar-refractivity contribution in [3.05, 3.63) is 39.3 Å². The maximum absolute atomic E-state index is 10.2. The third kappa shape index (κ3) is 3.09. The predicted octanol–water partition coefficient (Wildman–Crippen LogP) is 3.28. The van der Waals surface area contributed by atoms with E-state index in [1.54, 1.807) is 6.20 Å². The Balaban J connectivity index is 2.08. The van der Waals surface area contributed by atoms with E-state index in [4.69, 9.17) is 11.6 Å². The molecule has 2 aromatic heterocycles. The Hall–Kier alpha value is -0.840. The number of aliphatic hydroxyl groups excluding tert-OH is 1. The lowest BCUT2D eigenvalue weighted by Gasteiger charge is -2.11. The molecule has 5 heteroatoms. The van der Waals surface area contributed by atoms with Crippen molar-refractivity contribution in [2.45, 2.75) is 32.4 Å². The molecule has 0 radical (unpaired) electrons. The van der Waals surface area contributed by atoms with Crippen LogP contribution in [0, 0.1) is 0 Å². The van der Waals surface area contributed by atoms with E-state index in [1.165, 1.54) is 11.3 Å². The molecule has 2 aromatic rings. The number of rotatable bonds is 5. The van der Waals surface area contributed by atoms with Gasteiger partial charge in [0.1, 0.15) is 6.10 Å². The van der Waals surface area contributed by atoms with Crippen molar-refractivity contribution in [1.82, 2.24) is 9.78 Å². The lowest BCUT2D eigenvalue weighted by atomic mass is 10.1. The zero-order chi connectivity index (χ0) is 12.3. The van der Waals surface area contributed by atoms with Crippen LogP contribution in [0.5, 0.6) is 0 Å². The highest BCUT2D eigenvalue weighted by molar-refractivity contribution is 7.16. The highest BCUT2D eigenvalue weighted by atomic mass is 35.5. The molecule has 0 fully saturated rings. The number of hydrogen-bond donors (Lipinski definition) is 1. The van der Waals surface area contributed by atoms with Gasteiger partial charge in [0.05, 0.1) is 10.0 Å². The molecule has 0 aliphatic rings. The average molecular weight is 271 g/mol. The maximum atomic E-state index is 10.2. The highest BCUT2D eigenvalue weighted by Gasteiger charge is 2.14. The van der Waals surface area contributed by atoms with Gasteiger partial charge in [0.2, 0.25) is 0 Å². The first kappa shape index (κ1) is 12.6. The number of nitrogens with zero attached hydrogens (tertiary/aromatic N) is 2. The summed E-state index contributed by atoms with van der Waals surface area (Å²) in [5, 5.41) is 14.4. The van der Waals surface area contributed by atoms with Gasteiger partial charge in [-0.3, -0.25) is 4.68 Å². The summed E-state index contributed by atoms with van der Waals surface area (Å²) in [6, 6.07) is 5.68. The van der Waals surface area contributed by atoms with Gasteiger partial charge in [-0.1, -0.05) is 18.5 Å². The van der Waals surface area contributed by atoms with Crippen LogP contribution in [0.2, 0.25) is 4.34 Å². The van der Waals surface area contributed by atoms with E-state index in [2.05, 4.69) is 12.0 Å². The van der Waals surface area contributed by atoms with Gasteiger partial charge in [0.25, 0.3) is 0 Å². The normalized spacial score (nSPS) is 12.9. The zero-order valence-electron chi connectivity index (χ0n) is 9.64. The van der Waals surface area contributed by atoms with E-state index in [9.17, 15) is 5.11 Å². The van der Waals surface area contributed by atoms with Crippen LogP contribution >= 0.6 is 22.9 Å². The lowest BCUT2D eigenvalue weighted by molar-refractivity contribution is 0.167. The second-order valence-electron chi connectivity index (χ2n) is 3.90.